The fourth-order valence-corrected chi connectivity index (χ4v) is 2.27. The molecule has 0 bridgehead atoms. The van der Waals surface area contributed by atoms with E-state index in [4.69, 9.17) is 4.74 Å². The Morgan fingerprint density at radius 1 is 0.875 bits per heavy atom. The van der Waals surface area contributed by atoms with Gasteiger partial charge in [0.15, 0.2) is 0 Å². The molecule has 0 spiro atoms. The molecule has 2 aromatic carbocycles. The highest BCUT2D eigenvalue weighted by molar-refractivity contribution is 7.08. The fraction of sp³-hybridized carbons (Fsp3) is 0. The van der Waals surface area contributed by atoms with Crippen LogP contribution in [-0.4, -0.2) is 0 Å². The van der Waals surface area contributed by atoms with Crippen molar-refractivity contribution in [2.75, 3.05) is 0 Å². The molecule has 0 saturated heterocycles. The molecule has 1 heterocycles. The Bertz CT molecular complexity index is 594. The molecule has 1 aromatic heterocycles. The second-order valence-corrected chi connectivity index (χ2v) is 4.32. The van der Waals surface area contributed by atoms with Crippen molar-refractivity contribution >= 4 is 22.1 Å². The number of ether oxygens (including phenoxy) is 1. The highest BCUT2D eigenvalue weighted by Crippen LogP contribution is 2.30. The van der Waals surface area contributed by atoms with Crippen LogP contribution in [0.3, 0.4) is 0 Å². The summed E-state index contributed by atoms with van der Waals surface area (Å²) in [5, 5.41) is 6.37. The first-order valence-electron chi connectivity index (χ1n) is 5.11. The molecule has 0 radical (unpaired) electrons. The summed E-state index contributed by atoms with van der Waals surface area (Å²) in [4.78, 5) is 0. The van der Waals surface area contributed by atoms with Crippen molar-refractivity contribution in [1.82, 2.24) is 0 Å². The highest BCUT2D eigenvalue weighted by atomic mass is 32.1. The Labute approximate surface area is 97.9 Å². The van der Waals surface area contributed by atoms with E-state index in [1.54, 1.807) is 11.3 Å². The Balaban J connectivity index is 2.10. The van der Waals surface area contributed by atoms with E-state index in [0.29, 0.717) is 0 Å². The van der Waals surface area contributed by atoms with E-state index >= 15 is 0 Å². The van der Waals surface area contributed by atoms with E-state index in [0.717, 1.165) is 16.9 Å². The zero-order valence-corrected chi connectivity index (χ0v) is 9.41. The van der Waals surface area contributed by atoms with Gasteiger partial charge in [-0.2, -0.15) is 0 Å². The number of hydrogen-bond acceptors (Lipinski definition) is 2. The molecule has 0 aliphatic heterocycles. The maximum atomic E-state index is 5.84. The van der Waals surface area contributed by atoms with E-state index in [-0.39, 0.29) is 0 Å². The average Bonchev–Trinajstić information content (AvgIpc) is 2.82. The summed E-state index contributed by atoms with van der Waals surface area (Å²) in [5.74, 6) is 1.82. The molecule has 3 rings (SSSR count). The molecule has 0 aliphatic carbocycles. The molecule has 78 valence electrons. The van der Waals surface area contributed by atoms with Gasteiger partial charge in [0.05, 0.1) is 0 Å². The van der Waals surface area contributed by atoms with Crippen LogP contribution in [0.1, 0.15) is 0 Å². The molecule has 0 saturated carbocycles. The lowest BCUT2D eigenvalue weighted by Crippen LogP contribution is -1.83. The fourth-order valence-electron chi connectivity index (χ4n) is 1.72. The predicted molar refractivity (Wildman–Crippen MR) is 68.3 cm³/mol. The van der Waals surface area contributed by atoms with Gasteiger partial charge in [0, 0.05) is 10.8 Å². The second kappa shape index (κ2) is 3.99. The molecule has 0 aliphatic rings. The van der Waals surface area contributed by atoms with Gasteiger partial charge in [-0.3, -0.25) is 0 Å². The monoisotopic (exact) mass is 226 g/mol. The average molecular weight is 226 g/mol. The van der Waals surface area contributed by atoms with Crippen molar-refractivity contribution in [2.45, 2.75) is 0 Å². The third-order valence-electron chi connectivity index (χ3n) is 2.47. The van der Waals surface area contributed by atoms with Crippen molar-refractivity contribution in [3.63, 3.8) is 0 Å². The lowest BCUT2D eigenvalue weighted by Gasteiger charge is -2.06. The Kier molecular flexibility index (Phi) is 2.35. The van der Waals surface area contributed by atoms with Crippen LogP contribution < -0.4 is 4.74 Å². The minimum Gasteiger partial charge on any atom is -0.456 e. The van der Waals surface area contributed by atoms with Gasteiger partial charge in [0.1, 0.15) is 11.5 Å². The summed E-state index contributed by atoms with van der Waals surface area (Å²) in [6.07, 6.45) is 0. The molecule has 0 atom stereocenters. The van der Waals surface area contributed by atoms with E-state index in [2.05, 4.69) is 18.2 Å². The number of hydrogen-bond donors (Lipinski definition) is 0. The van der Waals surface area contributed by atoms with Gasteiger partial charge in [-0.15, -0.1) is 11.3 Å². The molecule has 0 fully saturated rings. The molecule has 0 N–H and O–H groups in total. The highest BCUT2D eigenvalue weighted by Gasteiger charge is 2.02. The molecular formula is C14H10OS. The topological polar surface area (TPSA) is 9.23 Å². The largest absolute Gasteiger partial charge is 0.456 e. The van der Waals surface area contributed by atoms with Crippen LogP contribution in [-0.2, 0) is 0 Å². The van der Waals surface area contributed by atoms with E-state index in [1.807, 2.05) is 41.1 Å². The first kappa shape index (κ1) is 9.43. The summed E-state index contributed by atoms with van der Waals surface area (Å²) in [5.41, 5.74) is 0. The zero-order valence-electron chi connectivity index (χ0n) is 8.59. The van der Waals surface area contributed by atoms with Crippen LogP contribution in [0.5, 0.6) is 11.5 Å². The first-order valence-corrected chi connectivity index (χ1v) is 6.05. The summed E-state index contributed by atoms with van der Waals surface area (Å²) in [7, 11) is 0. The summed E-state index contributed by atoms with van der Waals surface area (Å²) >= 11 is 1.64. The Hall–Kier alpha value is -1.80. The molecular weight excluding hydrogens is 216 g/mol. The Morgan fingerprint density at radius 2 is 1.75 bits per heavy atom. The predicted octanol–water partition coefficient (Wildman–Crippen LogP) is 4.69. The minimum absolute atomic E-state index is 0.904. The smallest absolute Gasteiger partial charge is 0.138 e. The van der Waals surface area contributed by atoms with Gasteiger partial charge in [0.25, 0.3) is 0 Å². The molecule has 0 amide bonds. The third kappa shape index (κ3) is 1.68. The normalized spacial score (nSPS) is 10.5. The number of benzene rings is 2. The zero-order chi connectivity index (χ0) is 10.8. The quantitative estimate of drug-likeness (QED) is 0.615. The van der Waals surface area contributed by atoms with E-state index in [1.165, 1.54) is 5.39 Å². The molecule has 2 heteroatoms. The standard InChI is InChI=1S/C14H10OS/c1-2-6-13-11(4-1)5-3-7-14(13)15-12-8-9-16-10-12/h1-10H. The van der Waals surface area contributed by atoms with Gasteiger partial charge >= 0.3 is 0 Å². The maximum absolute atomic E-state index is 5.84. The summed E-state index contributed by atoms with van der Waals surface area (Å²) in [6.45, 7) is 0. The molecule has 0 unspecified atom stereocenters. The summed E-state index contributed by atoms with van der Waals surface area (Å²) in [6, 6.07) is 16.3. The van der Waals surface area contributed by atoms with Gasteiger partial charge in [-0.25, -0.2) is 0 Å². The number of thiophene rings is 1. The molecule has 1 nitrogen and oxygen atoms in total. The molecule has 16 heavy (non-hydrogen) atoms. The van der Waals surface area contributed by atoms with Gasteiger partial charge in [0.2, 0.25) is 0 Å². The van der Waals surface area contributed by atoms with Crippen molar-refractivity contribution < 1.29 is 4.74 Å². The van der Waals surface area contributed by atoms with Crippen LogP contribution in [0.2, 0.25) is 0 Å². The molecule has 3 aromatic rings. The number of fused-ring (bicyclic) bond motifs is 1. The van der Waals surface area contributed by atoms with Crippen LogP contribution in [0.4, 0.5) is 0 Å². The van der Waals surface area contributed by atoms with Crippen molar-refractivity contribution in [3.05, 3.63) is 59.3 Å². The minimum atomic E-state index is 0.904. The van der Waals surface area contributed by atoms with Gasteiger partial charge in [-0.05, 0) is 22.9 Å². The van der Waals surface area contributed by atoms with Crippen LogP contribution in [0.15, 0.2) is 59.3 Å². The van der Waals surface area contributed by atoms with Crippen LogP contribution in [0, 0.1) is 0 Å². The Morgan fingerprint density at radius 3 is 2.62 bits per heavy atom. The number of rotatable bonds is 2. The lowest BCUT2D eigenvalue weighted by molar-refractivity contribution is 0.491. The van der Waals surface area contributed by atoms with Crippen LogP contribution >= 0.6 is 11.3 Å². The van der Waals surface area contributed by atoms with Gasteiger partial charge in [-0.1, -0.05) is 36.4 Å². The lowest BCUT2D eigenvalue weighted by atomic mass is 10.1. The SMILES string of the molecule is c1ccc2c(Oc3ccsc3)cccc2c1. The van der Waals surface area contributed by atoms with E-state index < -0.39 is 0 Å². The third-order valence-corrected chi connectivity index (χ3v) is 3.13. The van der Waals surface area contributed by atoms with Crippen molar-refractivity contribution in [2.24, 2.45) is 0 Å². The van der Waals surface area contributed by atoms with Crippen molar-refractivity contribution in [1.29, 1.82) is 0 Å². The maximum Gasteiger partial charge on any atom is 0.138 e. The van der Waals surface area contributed by atoms with Crippen LogP contribution in [0.25, 0.3) is 10.8 Å². The summed E-state index contributed by atoms with van der Waals surface area (Å²) < 4.78 is 5.84. The van der Waals surface area contributed by atoms with Crippen molar-refractivity contribution in [3.8, 4) is 11.5 Å². The first-order chi connectivity index (χ1) is 7.93. The van der Waals surface area contributed by atoms with E-state index in [9.17, 15) is 0 Å². The van der Waals surface area contributed by atoms with Gasteiger partial charge < -0.3 is 4.74 Å². The second-order valence-electron chi connectivity index (χ2n) is 3.54.